The maximum Gasteiger partial charge on any atom is 0.340 e. The van der Waals surface area contributed by atoms with Crippen LogP contribution in [0.2, 0.25) is 0 Å². The number of hydrogen-bond acceptors (Lipinski definition) is 3. The van der Waals surface area contributed by atoms with E-state index in [1.54, 1.807) is 0 Å². The third-order valence-electron chi connectivity index (χ3n) is 3.57. The van der Waals surface area contributed by atoms with E-state index < -0.39 is 0 Å². The number of H-pyrrole nitrogens is 2. The van der Waals surface area contributed by atoms with Crippen LogP contribution in [0, 0.1) is 0 Å². The lowest BCUT2D eigenvalue weighted by molar-refractivity contribution is 0.0954. The van der Waals surface area contributed by atoms with Crippen LogP contribution in [0.1, 0.15) is 22.6 Å². The summed E-state index contributed by atoms with van der Waals surface area (Å²) in [5.41, 5.74) is 1.39. The summed E-state index contributed by atoms with van der Waals surface area (Å²) < 4.78 is 1.94. The van der Waals surface area contributed by atoms with Gasteiger partial charge in [-0.1, -0.05) is 18.2 Å². The molecule has 3 aromatic rings. The Labute approximate surface area is 126 Å². The minimum Gasteiger partial charge on any atom is -0.352 e. The molecule has 0 saturated heterocycles. The van der Waals surface area contributed by atoms with Crippen molar-refractivity contribution in [3.63, 3.8) is 0 Å². The van der Waals surface area contributed by atoms with Gasteiger partial charge in [0.05, 0.1) is 5.56 Å². The van der Waals surface area contributed by atoms with Gasteiger partial charge in [0.15, 0.2) is 0 Å². The molecule has 3 N–H and O–H groups in total. The molecule has 0 atom stereocenters. The van der Waals surface area contributed by atoms with Crippen LogP contribution < -0.4 is 11.0 Å². The third-order valence-corrected chi connectivity index (χ3v) is 3.57. The van der Waals surface area contributed by atoms with Gasteiger partial charge in [-0.05, 0) is 12.5 Å². The van der Waals surface area contributed by atoms with E-state index in [0.29, 0.717) is 30.8 Å². The van der Waals surface area contributed by atoms with Crippen molar-refractivity contribution in [2.24, 2.45) is 7.05 Å². The standard InChI is InChI=1S/C15H17N5O2/c1-20-9-11(10-5-2-3-6-12(10)20)14(21)16-8-4-7-13-17-15(22)19-18-13/h2-3,5-6,9H,4,7-8H2,1H3,(H,16,21)(H2,17,18,19,22). The van der Waals surface area contributed by atoms with Crippen LogP contribution in [0.3, 0.4) is 0 Å². The molecular weight excluding hydrogens is 282 g/mol. The molecule has 0 saturated carbocycles. The van der Waals surface area contributed by atoms with Crippen molar-refractivity contribution in [3.8, 4) is 0 Å². The predicted molar refractivity (Wildman–Crippen MR) is 82.8 cm³/mol. The second-order valence-corrected chi connectivity index (χ2v) is 5.15. The normalized spacial score (nSPS) is 11.0. The number of rotatable bonds is 5. The summed E-state index contributed by atoms with van der Waals surface area (Å²) in [5.74, 6) is 0.511. The van der Waals surface area contributed by atoms with E-state index in [2.05, 4.69) is 20.5 Å². The first-order chi connectivity index (χ1) is 10.6. The Kier molecular flexibility index (Phi) is 3.78. The zero-order chi connectivity index (χ0) is 15.5. The maximum atomic E-state index is 12.3. The van der Waals surface area contributed by atoms with Crippen molar-refractivity contribution in [1.29, 1.82) is 0 Å². The van der Waals surface area contributed by atoms with Crippen molar-refractivity contribution < 1.29 is 4.79 Å². The molecule has 1 amide bonds. The van der Waals surface area contributed by atoms with Gasteiger partial charge in [-0.2, -0.15) is 5.10 Å². The molecule has 0 bridgehead atoms. The molecule has 114 valence electrons. The van der Waals surface area contributed by atoms with Gasteiger partial charge in [0.25, 0.3) is 5.91 Å². The molecule has 0 aliphatic rings. The van der Waals surface area contributed by atoms with Gasteiger partial charge in [-0.25, -0.2) is 9.89 Å². The molecule has 7 heteroatoms. The number of benzene rings is 1. The van der Waals surface area contributed by atoms with Crippen molar-refractivity contribution in [1.82, 2.24) is 25.1 Å². The Balaban J connectivity index is 1.60. The number of nitrogens with one attached hydrogen (secondary N) is 3. The van der Waals surface area contributed by atoms with E-state index in [9.17, 15) is 9.59 Å². The van der Waals surface area contributed by atoms with Gasteiger partial charge in [0.1, 0.15) is 5.82 Å². The third kappa shape index (κ3) is 2.78. The first-order valence-corrected chi connectivity index (χ1v) is 7.11. The highest BCUT2D eigenvalue weighted by Crippen LogP contribution is 2.19. The number of para-hydroxylation sites is 1. The number of carbonyl (C=O) groups is 1. The Hall–Kier alpha value is -2.83. The second kappa shape index (κ2) is 5.88. The zero-order valence-corrected chi connectivity index (χ0v) is 12.2. The lowest BCUT2D eigenvalue weighted by Crippen LogP contribution is -2.24. The highest BCUT2D eigenvalue weighted by atomic mass is 16.2. The largest absolute Gasteiger partial charge is 0.352 e. The fraction of sp³-hybridized carbons (Fsp3) is 0.267. The molecule has 0 spiro atoms. The van der Waals surface area contributed by atoms with Crippen molar-refractivity contribution >= 4 is 16.8 Å². The molecule has 1 aromatic carbocycles. The van der Waals surface area contributed by atoms with Crippen molar-refractivity contribution in [3.05, 3.63) is 52.3 Å². The van der Waals surface area contributed by atoms with E-state index in [1.807, 2.05) is 42.1 Å². The fourth-order valence-electron chi connectivity index (χ4n) is 2.50. The monoisotopic (exact) mass is 299 g/mol. The number of hydrogen-bond donors (Lipinski definition) is 3. The molecular formula is C15H17N5O2. The highest BCUT2D eigenvalue weighted by molar-refractivity contribution is 6.06. The molecule has 0 aliphatic heterocycles. The van der Waals surface area contributed by atoms with E-state index in [1.165, 1.54) is 0 Å². The maximum absolute atomic E-state index is 12.3. The molecule has 22 heavy (non-hydrogen) atoms. The number of nitrogens with zero attached hydrogens (tertiary/aromatic N) is 2. The van der Waals surface area contributed by atoms with Gasteiger partial charge in [-0.3, -0.25) is 9.78 Å². The number of amides is 1. The Morgan fingerprint density at radius 3 is 2.95 bits per heavy atom. The minimum absolute atomic E-state index is 0.0904. The number of aryl methyl sites for hydroxylation is 2. The smallest absolute Gasteiger partial charge is 0.340 e. The average molecular weight is 299 g/mol. The van der Waals surface area contributed by atoms with Gasteiger partial charge >= 0.3 is 5.69 Å². The zero-order valence-electron chi connectivity index (χ0n) is 12.2. The molecule has 0 fully saturated rings. The lowest BCUT2D eigenvalue weighted by atomic mass is 10.1. The van der Waals surface area contributed by atoms with E-state index >= 15 is 0 Å². The van der Waals surface area contributed by atoms with E-state index in [-0.39, 0.29) is 11.6 Å². The summed E-state index contributed by atoms with van der Waals surface area (Å²) in [7, 11) is 1.92. The number of aromatic nitrogens is 4. The predicted octanol–water partition coefficient (Wildman–Crippen LogP) is 0.952. The van der Waals surface area contributed by atoms with E-state index in [4.69, 9.17) is 0 Å². The molecule has 3 rings (SSSR count). The molecule has 0 aliphatic carbocycles. The van der Waals surface area contributed by atoms with Crippen LogP contribution in [0.5, 0.6) is 0 Å². The van der Waals surface area contributed by atoms with Crippen LogP contribution in [-0.2, 0) is 13.5 Å². The van der Waals surface area contributed by atoms with Crippen molar-refractivity contribution in [2.75, 3.05) is 6.54 Å². The summed E-state index contributed by atoms with van der Waals surface area (Å²) in [6.07, 6.45) is 3.15. The summed E-state index contributed by atoms with van der Waals surface area (Å²) >= 11 is 0. The molecule has 2 aromatic heterocycles. The quantitative estimate of drug-likeness (QED) is 0.612. The number of carbonyl (C=O) groups excluding carboxylic acids is 1. The number of fused-ring (bicyclic) bond motifs is 1. The molecule has 7 nitrogen and oxygen atoms in total. The first-order valence-electron chi connectivity index (χ1n) is 7.11. The Morgan fingerprint density at radius 2 is 2.18 bits per heavy atom. The van der Waals surface area contributed by atoms with E-state index in [0.717, 1.165) is 10.9 Å². The SMILES string of the molecule is Cn1cc(C(=O)NCCCc2n[nH]c(=O)[nH]2)c2ccccc21. The molecule has 2 heterocycles. The minimum atomic E-state index is -0.310. The Morgan fingerprint density at radius 1 is 1.36 bits per heavy atom. The fourth-order valence-corrected chi connectivity index (χ4v) is 2.50. The second-order valence-electron chi connectivity index (χ2n) is 5.15. The van der Waals surface area contributed by atoms with Crippen LogP contribution >= 0.6 is 0 Å². The van der Waals surface area contributed by atoms with Crippen molar-refractivity contribution in [2.45, 2.75) is 12.8 Å². The van der Waals surface area contributed by atoms with Gasteiger partial charge in [0.2, 0.25) is 0 Å². The van der Waals surface area contributed by atoms with Crippen LogP contribution in [0.15, 0.2) is 35.3 Å². The first kappa shape index (κ1) is 14.1. The molecule has 0 unspecified atom stereocenters. The highest BCUT2D eigenvalue weighted by Gasteiger charge is 2.12. The average Bonchev–Trinajstić information content (AvgIpc) is 3.08. The topological polar surface area (TPSA) is 95.6 Å². The summed E-state index contributed by atoms with van der Waals surface area (Å²) in [6.45, 7) is 0.525. The number of aromatic amines is 2. The van der Waals surface area contributed by atoms with Crippen LogP contribution in [0.4, 0.5) is 0 Å². The molecule has 0 radical (unpaired) electrons. The summed E-state index contributed by atoms with van der Waals surface area (Å²) in [6, 6.07) is 7.81. The van der Waals surface area contributed by atoms with Gasteiger partial charge < -0.3 is 9.88 Å². The summed E-state index contributed by atoms with van der Waals surface area (Å²) in [4.78, 5) is 25.8. The lowest BCUT2D eigenvalue weighted by Gasteiger charge is -2.03. The van der Waals surface area contributed by atoms with Crippen LogP contribution in [-0.4, -0.2) is 32.2 Å². The van der Waals surface area contributed by atoms with Gasteiger partial charge in [-0.15, -0.1) is 0 Å². The summed E-state index contributed by atoms with van der Waals surface area (Å²) in [5, 5.41) is 9.98. The Bertz CT molecular complexity index is 858. The van der Waals surface area contributed by atoms with Crippen LogP contribution in [0.25, 0.3) is 10.9 Å². The van der Waals surface area contributed by atoms with Gasteiger partial charge in [0, 0.05) is 37.1 Å².